The van der Waals surface area contributed by atoms with Gasteiger partial charge in [0.05, 0.1) is 30.7 Å². The molecule has 1 aliphatic rings. The van der Waals surface area contributed by atoms with Crippen LogP contribution in [0.1, 0.15) is 26.7 Å². The molecule has 1 aliphatic heterocycles. The molecule has 0 saturated carbocycles. The molecule has 0 bridgehead atoms. The van der Waals surface area contributed by atoms with Crippen LogP contribution >= 0.6 is 0 Å². The van der Waals surface area contributed by atoms with E-state index in [1.807, 2.05) is 71.3 Å². The normalized spacial score (nSPS) is 16.3. The Morgan fingerprint density at radius 2 is 1.78 bits per heavy atom. The minimum Gasteiger partial charge on any atom is -0.497 e. The van der Waals surface area contributed by atoms with Crippen molar-refractivity contribution in [2.45, 2.75) is 39.3 Å². The number of hydrogen-bond acceptors (Lipinski definition) is 5. The van der Waals surface area contributed by atoms with Gasteiger partial charge >= 0.3 is 0 Å². The van der Waals surface area contributed by atoms with Gasteiger partial charge in [0.1, 0.15) is 17.3 Å². The average Bonchev–Trinajstić information content (AvgIpc) is 2.94. The van der Waals surface area contributed by atoms with E-state index in [0.717, 1.165) is 48.4 Å². The zero-order valence-corrected chi connectivity index (χ0v) is 22.1. The second kappa shape index (κ2) is 10.8. The Morgan fingerprint density at radius 1 is 0.973 bits per heavy atom. The quantitative estimate of drug-likeness (QED) is 0.320. The Bertz CT molecular complexity index is 1460. The molecule has 0 spiro atoms. The van der Waals surface area contributed by atoms with Gasteiger partial charge in [-0.3, -0.25) is 9.36 Å². The molecule has 192 valence electrons. The lowest BCUT2D eigenvalue weighted by Crippen LogP contribution is -2.42. The fraction of sp³-hybridized carbons (Fsp3) is 0.355. The van der Waals surface area contributed by atoms with Gasteiger partial charge in [-0.15, -0.1) is 0 Å². The molecule has 0 N–H and O–H groups in total. The highest BCUT2D eigenvalue weighted by Gasteiger charge is 2.25. The number of nitrogens with zero attached hydrogens (tertiary/aromatic N) is 3. The zero-order chi connectivity index (χ0) is 25.9. The van der Waals surface area contributed by atoms with Gasteiger partial charge in [-0.1, -0.05) is 30.3 Å². The Morgan fingerprint density at radius 3 is 2.57 bits per heavy atom. The van der Waals surface area contributed by atoms with E-state index < -0.39 is 0 Å². The van der Waals surface area contributed by atoms with E-state index in [-0.39, 0.29) is 5.56 Å². The molecule has 1 saturated heterocycles. The molecule has 2 heterocycles. The number of benzene rings is 3. The lowest BCUT2D eigenvalue weighted by molar-refractivity contribution is 0.130. The molecule has 37 heavy (non-hydrogen) atoms. The largest absolute Gasteiger partial charge is 0.497 e. The van der Waals surface area contributed by atoms with Crippen molar-refractivity contribution in [3.8, 4) is 34.0 Å². The molecule has 6 heteroatoms. The summed E-state index contributed by atoms with van der Waals surface area (Å²) in [5, 5.41) is 0.621. The predicted octanol–water partition coefficient (Wildman–Crippen LogP) is 5.87. The van der Waals surface area contributed by atoms with Gasteiger partial charge in [-0.25, -0.2) is 4.98 Å². The smallest absolute Gasteiger partial charge is 0.261 e. The van der Waals surface area contributed by atoms with Gasteiger partial charge in [0.15, 0.2) is 0 Å². The number of piperidine rings is 1. The van der Waals surface area contributed by atoms with Gasteiger partial charge in [-0.05, 0) is 86.7 Å². The molecule has 1 atom stereocenters. The Labute approximate surface area is 218 Å². The highest BCUT2D eigenvalue weighted by molar-refractivity contribution is 5.85. The van der Waals surface area contributed by atoms with Gasteiger partial charge in [0.25, 0.3) is 5.56 Å². The van der Waals surface area contributed by atoms with Crippen LogP contribution in [0.2, 0.25) is 0 Å². The number of fused-ring (bicyclic) bond motifs is 1. The van der Waals surface area contributed by atoms with Crippen LogP contribution in [0.4, 0.5) is 0 Å². The number of likely N-dealkylation sites (tertiary alicyclic amines) is 1. The van der Waals surface area contributed by atoms with Gasteiger partial charge in [0.2, 0.25) is 0 Å². The van der Waals surface area contributed by atoms with Gasteiger partial charge in [-0.2, -0.15) is 0 Å². The SMILES string of the molecule is COc1cccc(-c2ccc3nc(-c4ccccc4OC)n(CC4CCCN(C(C)C)C4)c(=O)c3c2)c1. The summed E-state index contributed by atoms with van der Waals surface area (Å²) in [6.45, 7) is 7.21. The van der Waals surface area contributed by atoms with Crippen LogP contribution in [-0.4, -0.2) is 47.8 Å². The molecule has 0 aliphatic carbocycles. The lowest BCUT2D eigenvalue weighted by Gasteiger charge is -2.36. The third-order valence-corrected chi connectivity index (χ3v) is 7.43. The Hall–Kier alpha value is -3.64. The minimum absolute atomic E-state index is 0.0164. The fourth-order valence-electron chi connectivity index (χ4n) is 5.38. The zero-order valence-electron chi connectivity index (χ0n) is 22.1. The maximum Gasteiger partial charge on any atom is 0.261 e. The molecule has 6 nitrogen and oxygen atoms in total. The van der Waals surface area contributed by atoms with Crippen molar-refractivity contribution in [2.75, 3.05) is 27.3 Å². The summed E-state index contributed by atoms with van der Waals surface area (Å²) in [7, 11) is 3.32. The van der Waals surface area contributed by atoms with Crippen LogP contribution < -0.4 is 15.0 Å². The average molecular weight is 498 g/mol. The molecular weight excluding hydrogens is 462 g/mol. The highest BCUT2D eigenvalue weighted by Crippen LogP contribution is 2.31. The molecule has 1 fully saturated rings. The number of methoxy groups -OCH3 is 2. The summed E-state index contributed by atoms with van der Waals surface area (Å²) in [6, 6.07) is 22.1. The number of hydrogen-bond donors (Lipinski definition) is 0. The van der Waals surface area contributed by atoms with Crippen LogP contribution in [0.3, 0.4) is 0 Å². The van der Waals surface area contributed by atoms with E-state index in [1.54, 1.807) is 14.2 Å². The first-order valence-corrected chi connectivity index (χ1v) is 13.0. The number of para-hydroxylation sites is 1. The van der Waals surface area contributed by atoms with E-state index in [1.165, 1.54) is 0 Å². The number of rotatable bonds is 7. The minimum atomic E-state index is -0.0164. The summed E-state index contributed by atoms with van der Waals surface area (Å²) in [6.07, 6.45) is 2.24. The highest BCUT2D eigenvalue weighted by atomic mass is 16.5. The monoisotopic (exact) mass is 497 g/mol. The van der Waals surface area contributed by atoms with E-state index in [2.05, 4.69) is 18.7 Å². The molecule has 0 radical (unpaired) electrons. The van der Waals surface area contributed by atoms with Gasteiger partial charge < -0.3 is 14.4 Å². The molecule has 1 aromatic heterocycles. The third-order valence-electron chi connectivity index (χ3n) is 7.43. The second-order valence-electron chi connectivity index (χ2n) is 10.1. The summed E-state index contributed by atoms with van der Waals surface area (Å²) in [5.41, 5.74) is 3.46. The Balaban J connectivity index is 1.65. The maximum absolute atomic E-state index is 14.2. The fourth-order valence-corrected chi connectivity index (χ4v) is 5.38. The van der Waals surface area contributed by atoms with E-state index >= 15 is 0 Å². The van der Waals surface area contributed by atoms with Crippen molar-refractivity contribution in [2.24, 2.45) is 5.92 Å². The Kier molecular flexibility index (Phi) is 7.28. The molecule has 3 aromatic carbocycles. The molecular formula is C31H35N3O3. The molecule has 0 amide bonds. The number of ether oxygens (including phenoxy) is 2. The first kappa shape index (κ1) is 25.0. The van der Waals surface area contributed by atoms with Crippen molar-refractivity contribution in [3.05, 3.63) is 77.1 Å². The van der Waals surface area contributed by atoms with Crippen LogP contribution in [0.5, 0.6) is 11.5 Å². The topological polar surface area (TPSA) is 56.6 Å². The molecule has 4 aromatic rings. The van der Waals surface area contributed by atoms with Crippen LogP contribution in [0.25, 0.3) is 33.4 Å². The van der Waals surface area contributed by atoms with Crippen molar-refractivity contribution < 1.29 is 9.47 Å². The van der Waals surface area contributed by atoms with Crippen LogP contribution in [0, 0.1) is 5.92 Å². The summed E-state index contributed by atoms with van der Waals surface area (Å²) in [4.78, 5) is 21.7. The predicted molar refractivity (Wildman–Crippen MR) is 149 cm³/mol. The van der Waals surface area contributed by atoms with Crippen LogP contribution in [-0.2, 0) is 6.54 Å². The molecule has 5 rings (SSSR count). The maximum atomic E-state index is 14.2. The number of aromatic nitrogens is 2. The molecule has 1 unspecified atom stereocenters. The van der Waals surface area contributed by atoms with Crippen molar-refractivity contribution in [3.63, 3.8) is 0 Å². The third kappa shape index (κ3) is 5.12. The summed E-state index contributed by atoms with van der Waals surface area (Å²) >= 11 is 0. The van der Waals surface area contributed by atoms with E-state index in [0.29, 0.717) is 41.0 Å². The second-order valence-corrected chi connectivity index (χ2v) is 10.1. The van der Waals surface area contributed by atoms with Crippen molar-refractivity contribution in [1.29, 1.82) is 0 Å². The first-order valence-electron chi connectivity index (χ1n) is 13.0. The first-order chi connectivity index (χ1) is 18.0. The van der Waals surface area contributed by atoms with Gasteiger partial charge in [0, 0.05) is 19.1 Å². The standard InChI is InChI=1S/C31H35N3O3/c1-21(2)33-16-8-9-22(19-33)20-34-30(26-12-5-6-13-29(26)37-4)32-28-15-14-24(18-27(28)31(34)35)23-10-7-11-25(17-23)36-3/h5-7,10-15,17-18,21-22H,8-9,16,19-20H2,1-4H3. The van der Waals surface area contributed by atoms with Crippen molar-refractivity contribution in [1.82, 2.24) is 14.5 Å². The summed E-state index contributed by atoms with van der Waals surface area (Å²) in [5.74, 6) is 2.53. The lowest BCUT2D eigenvalue weighted by atomic mass is 9.96. The van der Waals surface area contributed by atoms with E-state index in [4.69, 9.17) is 14.5 Å². The van der Waals surface area contributed by atoms with E-state index in [9.17, 15) is 4.79 Å². The van der Waals surface area contributed by atoms with Crippen molar-refractivity contribution >= 4 is 10.9 Å². The summed E-state index contributed by atoms with van der Waals surface area (Å²) < 4.78 is 13.0. The van der Waals surface area contributed by atoms with Crippen LogP contribution in [0.15, 0.2) is 71.5 Å².